The normalized spacial score (nSPS) is 24.9. The standard InChI is InChI=1S/C55H96N10O8/c1-34(56-9)46(66)61-44(54(3,4)5)52(72)64-29-19-27-42(64)50(70)59-40(36-21-14-12-15-22-36)32-57-48(68)38-25-18-26-39(31-38)49(69)58-33-41(37-23-16-13-17-24-37)60-51(71)43-28-20-30-65(43)53(73)45(55(6,7)8)62-47(67)35(2)63(10)11/h34-45,56H,12-33H2,1-11H3,(H,57,68)(H,58,69)(H,59,70)(H,60,71)(H,61,66)(H,62,67)/t34-,35-,38?,39?,40+,41+,42-,43-,44+,45+/m0/s1. The summed E-state index contributed by atoms with van der Waals surface area (Å²) in [5, 5.41) is 21.8. The molecule has 5 aliphatic rings. The van der Waals surface area contributed by atoms with Gasteiger partial charge in [-0.15, -0.1) is 0 Å². The van der Waals surface area contributed by atoms with Crippen LogP contribution in [0.4, 0.5) is 0 Å². The van der Waals surface area contributed by atoms with Gasteiger partial charge in [-0.25, -0.2) is 0 Å². The first-order chi connectivity index (χ1) is 34.4. The lowest BCUT2D eigenvalue weighted by Crippen LogP contribution is -2.60. The van der Waals surface area contributed by atoms with Gasteiger partial charge in [0.15, 0.2) is 0 Å². The SMILES string of the molecule is CN[C@@H](C)C(=O)N[C@H](C(=O)N1CCC[C@H]1C(=O)N[C@H](CNC(=O)C1CCCC(C(=O)NC[C@@H](NC(=O)[C@@H]2CCCN2C(=O)[C@@H](NC(=O)[C@H](C)N(C)C)C(C)(C)C)C2CCCCC2)C1)C1CCCCC1)C(C)(C)C. The molecule has 5 rings (SSSR count). The quantitative estimate of drug-likeness (QED) is 0.0934. The minimum Gasteiger partial charge on any atom is -0.354 e. The van der Waals surface area contributed by atoms with Crippen LogP contribution in [0.2, 0.25) is 0 Å². The van der Waals surface area contributed by atoms with E-state index in [-0.39, 0.29) is 96.1 Å². The number of amides is 8. The summed E-state index contributed by atoms with van der Waals surface area (Å²) in [5.74, 6) is -2.25. The van der Waals surface area contributed by atoms with Gasteiger partial charge in [-0.3, -0.25) is 43.3 Å². The summed E-state index contributed by atoms with van der Waals surface area (Å²) in [6, 6.07) is -4.61. The molecule has 414 valence electrons. The van der Waals surface area contributed by atoms with E-state index < -0.39 is 47.1 Å². The van der Waals surface area contributed by atoms with Crippen molar-refractivity contribution in [3.05, 3.63) is 0 Å². The van der Waals surface area contributed by atoms with Crippen molar-refractivity contribution in [2.24, 2.45) is 34.5 Å². The fraction of sp³-hybridized carbons (Fsp3) is 0.855. The lowest BCUT2D eigenvalue weighted by Gasteiger charge is -2.37. The molecular formula is C55H96N10O8. The van der Waals surface area contributed by atoms with Crippen LogP contribution in [0.15, 0.2) is 0 Å². The van der Waals surface area contributed by atoms with Crippen LogP contribution in [-0.4, -0.2) is 158 Å². The Morgan fingerprint density at radius 2 is 0.904 bits per heavy atom. The number of nitrogens with one attached hydrogen (secondary N) is 7. The van der Waals surface area contributed by atoms with Gasteiger partial charge < -0.3 is 47.0 Å². The number of hydrogen-bond acceptors (Lipinski definition) is 10. The maximum atomic E-state index is 14.3. The Bertz CT molecular complexity index is 1910. The molecule has 0 aromatic rings. The summed E-state index contributed by atoms with van der Waals surface area (Å²) in [6.07, 6.45) is 14.9. The van der Waals surface area contributed by atoms with Gasteiger partial charge in [0, 0.05) is 50.1 Å². The van der Waals surface area contributed by atoms with Crippen LogP contribution in [0.25, 0.3) is 0 Å². The zero-order chi connectivity index (χ0) is 53.8. The number of likely N-dealkylation sites (tertiary alicyclic amines) is 2. The van der Waals surface area contributed by atoms with Crippen molar-refractivity contribution < 1.29 is 38.4 Å². The average Bonchev–Trinajstić information content (AvgIpc) is 4.08. The van der Waals surface area contributed by atoms with E-state index in [4.69, 9.17) is 0 Å². The van der Waals surface area contributed by atoms with E-state index in [0.29, 0.717) is 64.5 Å². The minimum absolute atomic E-state index is 0.131. The van der Waals surface area contributed by atoms with Crippen molar-refractivity contribution in [1.29, 1.82) is 0 Å². The molecule has 3 saturated carbocycles. The molecule has 8 amide bonds. The number of hydrogen-bond donors (Lipinski definition) is 7. The third kappa shape index (κ3) is 16.3. The fourth-order valence-corrected chi connectivity index (χ4v) is 11.8. The molecule has 7 N–H and O–H groups in total. The number of carbonyl (C=O) groups excluding carboxylic acids is 8. The lowest BCUT2D eigenvalue weighted by molar-refractivity contribution is -0.144. The number of rotatable bonds is 20. The Morgan fingerprint density at radius 3 is 1.27 bits per heavy atom. The highest BCUT2D eigenvalue weighted by Crippen LogP contribution is 2.33. The third-order valence-corrected chi connectivity index (χ3v) is 17.0. The van der Waals surface area contributed by atoms with Gasteiger partial charge in [-0.05, 0) is 128 Å². The molecular weight excluding hydrogens is 929 g/mol. The van der Waals surface area contributed by atoms with E-state index in [9.17, 15) is 38.4 Å². The highest BCUT2D eigenvalue weighted by molar-refractivity contribution is 5.95. The molecule has 18 nitrogen and oxygen atoms in total. The van der Waals surface area contributed by atoms with E-state index in [1.807, 2.05) is 55.6 Å². The maximum Gasteiger partial charge on any atom is 0.246 e. The van der Waals surface area contributed by atoms with Crippen LogP contribution in [0, 0.1) is 34.5 Å². The highest BCUT2D eigenvalue weighted by Gasteiger charge is 2.45. The summed E-state index contributed by atoms with van der Waals surface area (Å²) in [7, 11) is 5.32. The molecule has 2 aliphatic heterocycles. The number of nitrogens with zero attached hydrogens (tertiary/aromatic N) is 3. The summed E-state index contributed by atoms with van der Waals surface area (Å²) in [5.41, 5.74) is -1.20. The van der Waals surface area contributed by atoms with Crippen LogP contribution in [0.1, 0.15) is 171 Å². The van der Waals surface area contributed by atoms with E-state index in [2.05, 4.69) is 37.2 Å². The smallest absolute Gasteiger partial charge is 0.246 e. The van der Waals surface area contributed by atoms with Crippen LogP contribution >= 0.6 is 0 Å². The molecule has 0 aromatic carbocycles. The second-order valence-corrected chi connectivity index (χ2v) is 24.7. The van der Waals surface area contributed by atoms with Crippen molar-refractivity contribution >= 4 is 47.3 Å². The molecule has 2 heterocycles. The molecule has 0 radical (unpaired) electrons. The molecule has 2 saturated heterocycles. The first-order valence-corrected chi connectivity index (χ1v) is 28.1. The topological polar surface area (TPSA) is 230 Å². The summed E-state index contributed by atoms with van der Waals surface area (Å²) in [6.45, 7) is 16.3. The molecule has 2 unspecified atom stereocenters. The Labute approximate surface area is 437 Å². The first-order valence-electron chi connectivity index (χ1n) is 28.1. The van der Waals surface area contributed by atoms with Crippen molar-refractivity contribution in [1.82, 2.24) is 51.9 Å². The monoisotopic (exact) mass is 1020 g/mol. The third-order valence-electron chi connectivity index (χ3n) is 17.0. The van der Waals surface area contributed by atoms with Gasteiger partial charge >= 0.3 is 0 Å². The van der Waals surface area contributed by atoms with Gasteiger partial charge in [-0.2, -0.15) is 0 Å². The maximum absolute atomic E-state index is 14.3. The van der Waals surface area contributed by atoms with E-state index >= 15 is 0 Å². The Balaban J connectivity index is 1.19. The average molecular weight is 1030 g/mol. The zero-order valence-corrected chi connectivity index (χ0v) is 46.6. The van der Waals surface area contributed by atoms with Crippen molar-refractivity contribution in [3.8, 4) is 0 Å². The second-order valence-electron chi connectivity index (χ2n) is 24.7. The highest BCUT2D eigenvalue weighted by atomic mass is 16.2. The largest absolute Gasteiger partial charge is 0.354 e. The van der Waals surface area contributed by atoms with Gasteiger partial charge in [0.05, 0.1) is 12.1 Å². The second kappa shape index (κ2) is 26.9. The van der Waals surface area contributed by atoms with Gasteiger partial charge in [0.2, 0.25) is 47.3 Å². The minimum atomic E-state index is -0.822. The van der Waals surface area contributed by atoms with Crippen LogP contribution in [0.5, 0.6) is 0 Å². The van der Waals surface area contributed by atoms with Crippen molar-refractivity contribution in [2.45, 2.75) is 219 Å². The molecule has 0 spiro atoms. The number of likely N-dealkylation sites (N-methyl/N-ethyl adjacent to an activating group) is 2. The lowest BCUT2D eigenvalue weighted by atomic mass is 9.80. The number of carbonyl (C=O) groups is 8. The predicted molar refractivity (Wildman–Crippen MR) is 282 cm³/mol. The van der Waals surface area contributed by atoms with E-state index in [1.54, 1.807) is 35.6 Å². The van der Waals surface area contributed by atoms with Crippen molar-refractivity contribution in [2.75, 3.05) is 47.3 Å². The zero-order valence-electron chi connectivity index (χ0n) is 46.6. The van der Waals surface area contributed by atoms with Crippen LogP contribution in [0.3, 0.4) is 0 Å². The van der Waals surface area contributed by atoms with E-state index in [1.165, 1.54) is 0 Å². The Kier molecular flexibility index (Phi) is 22.0. The predicted octanol–water partition coefficient (Wildman–Crippen LogP) is 3.76. The van der Waals surface area contributed by atoms with Gasteiger partial charge in [0.25, 0.3) is 0 Å². The van der Waals surface area contributed by atoms with Crippen LogP contribution in [-0.2, 0) is 38.4 Å². The molecule has 3 aliphatic carbocycles. The molecule has 18 heteroatoms. The molecule has 5 fully saturated rings. The molecule has 73 heavy (non-hydrogen) atoms. The van der Waals surface area contributed by atoms with Gasteiger partial charge in [-0.1, -0.05) is 86.5 Å². The fourth-order valence-electron chi connectivity index (χ4n) is 11.8. The first kappa shape index (κ1) is 59.6. The van der Waals surface area contributed by atoms with Crippen LogP contribution < -0.4 is 37.2 Å². The summed E-state index contributed by atoms with van der Waals surface area (Å²) >= 11 is 0. The van der Waals surface area contributed by atoms with Gasteiger partial charge in [0.1, 0.15) is 24.2 Å². The summed E-state index contributed by atoms with van der Waals surface area (Å²) < 4.78 is 0. The Morgan fingerprint density at radius 1 is 0.507 bits per heavy atom. The molecule has 0 bridgehead atoms. The van der Waals surface area contributed by atoms with E-state index in [0.717, 1.165) is 64.2 Å². The summed E-state index contributed by atoms with van der Waals surface area (Å²) in [4.78, 5) is 116. The van der Waals surface area contributed by atoms with Crippen molar-refractivity contribution in [3.63, 3.8) is 0 Å². The molecule has 10 atom stereocenters. The molecule has 0 aromatic heterocycles. The Hall–Kier alpha value is -4.32.